The smallest absolute Gasteiger partial charge is 0.270 e. The largest absolute Gasteiger partial charge is 0.325 e. The molecule has 1 amide bonds. The van der Waals surface area contributed by atoms with E-state index < -0.39 is 20.3 Å². The van der Waals surface area contributed by atoms with E-state index in [9.17, 15) is 18.0 Å². The third-order valence-corrected chi connectivity index (χ3v) is 7.67. The number of thioether (sulfide) groups is 1. The number of aryl methyl sites for hydroxylation is 3. The molecule has 0 saturated carbocycles. The van der Waals surface area contributed by atoms with Crippen LogP contribution in [0.4, 0.5) is 5.69 Å². The molecule has 0 unspecified atom stereocenters. The lowest BCUT2D eigenvalue weighted by Crippen LogP contribution is -2.20. The quantitative estimate of drug-likeness (QED) is 0.433. The number of carbonyl (C=O) groups excluding carboxylic acids is 1. The number of nitrogens with zero attached hydrogens (tertiary/aromatic N) is 1. The lowest BCUT2D eigenvalue weighted by Gasteiger charge is -2.10. The number of aromatic amines is 1. The number of amides is 1. The molecule has 1 heterocycles. The number of carbonyl (C=O) groups is 1. The summed E-state index contributed by atoms with van der Waals surface area (Å²) in [5.74, 6) is -0.243. The molecule has 0 radical (unpaired) electrons. The Hall–Kier alpha value is -2.91. The van der Waals surface area contributed by atoms with E-state index in [0.29, 0.717) is 0 Å². The zero-order valence-electron chi connectivity index (χ0n) is 17.6. The highest BCUT2D eigenvalue weighted by Crippen LogP contribution is 2.22. The summed E-state index contributed by atoms with van der Waals surface area (Å²) in [5, 5.41) is 2.99. The first kappa shape index (κ1) is 22.8. The van der Waals surface area contributed by atoms with Crippen molar-refractivity contribution in [2.24, 2.45) is 0 Å². The molecular formula is C22H23N3O4S2. The summed E-state index contributed by atoms with van der Waals surface area (Å²) < 4.78 is 25.7. The summed E-state index contributed by atoms with van der Waals surface area (Å²) in [5.41, 5.74) is 3.77. The van der Waals surface area contributed by atoms with Crippen molar-refractivity contribution in [2.45, 2.75) is 42.6 Å². The highest BCUT2D eigenvalue weighted by Gasteiger charge is 2.23. The second-order valence-corrected chi connectivity index (χ2v) is 10.1. The van der Waals surface area contributed by atoms with Crippen LogP contribution in [-0.2, 0) is 14.6 Å². The molecule has 0 bridgehead atoms. The Morgan fingerprint density at radius 2 is 1.81 bits per heavy atom. The maximum absolute atomic E-state index is 12.8. The Balaban J connectivity index is 1.73. The molecule has 0 fully saturated rings. The number of anilines is 1. The first-order chi connectivity index (χ1) is 14.6. The molecule has 3 aromatic rings. The van der Waals surface area contributed by atoms with Gasteiger partial charge in [-0.3, -0.25) is 9.59 Å². The van der Waals surface area contributed by atoms with Gasteiger partial charge in [-0.15, -0.1) is 0 Å². The van der Waals surface area contributed by atoms with Crippen LogP contribution in [0.2, 0.25) is 0 Å². The molecule has 2 N–H and O–H groups in total. The topological polar surface area (TPSA) is 109 Å². The van der Waals surface area contributed by atoms with Crippen LogP contribution >= 0.6 is 11.8 Å². The van der Waals surface area contributed by atoms with Crippen LogP contribution in [0, 0.1) is 27.7 Å². The first-order valence-electron chi connectivity index (χ1n) is 9.50. The van der Waals surface area contributed by atoms with Gasteiger partial charge < -0.3 is 10.3 Å². The molecule has 0 saturated heterocycles. The third-order valence-electron chi connectivity index (χ3n) is 5.04. The fraction of sp³-hybridized carbons (Fsp3) is 0.227. The Kier molecular flexibility index (Phi) is 6.66. The molecule has 0 aliphatic rings. The van der Waals surface area contributed by atoms with Crippen LogP contribution < -0.4 is 10.9 Å². The Bertz CT molecular complexity index is 1310. The van der Waals surface area contributed by atoms with Crippen molar-refractivity contribution in [2.75, 3.05) is 11.1 Å². The summed E-state index contributed by atoms with van der Waals surface area (Å²) in [4.78, 5) is 30.8. The minimum Gasteiger partial charge on any atom is -0.325 e. The van der Waals surface area contributed by atoms with E-state index in [0.717, 1.165) is 45.9 Å². The second-order valence-electron chi connectivity index (χ2n) is 7.22. The van der Waals surface area contributed by atoms with Crippen molar-refractivity contribution < 1.29 is 13.2 Å². The van der Waals surface area contributed by atoms with Crippen molar-refractivity contribution >= 4 is 33.2 Å². The fourth-order valence-corrected chi connectivity index (χ4v) is 4.80. The van der Waals surface area contributed by atoms with Crippen LogP contribution in [0.25, 0.3) is 0 Å². The van der Waals surface area contributed by atoms with Crippen molar-refractivity contribution in [3.05, 3.63) is 75.2 Å². The number of aromatic nitrogens is 2. The molecule has 0 spiro atoms. The summed E-state index contributed by atoms with van der Waals surface area (Å²) in [6, 6.07) is 10.3. The number of H-pyrrole nitrogens is 1. The number of hydrogen-bond acceptors (Lipinski definition) is 6. The standard InChI is InChI=1S/C22H23N3O4S2/c1-13-8-9-17(10-15(13)3)31(28,29)19-11-23-22(25-21(19)27)30-12-20(26)24-18-7-5-6-14(2)16(18)4/h5-11H,12H2,1-4H3,(H,24,26)(H,23,25,27). The molecule has 162 valence electrons. The van der Waals surface area contributed by atoms with E-state index in [1.54, 1.807) is 13.0 Å². The average molecular weight is 458 g/mol. The minimum absolute atomic E-state index is 0.0135. The fourth-order valence-electron chi connectivity index (χ4n) is 2.85. The van der Waals surface area contributed by atoms with Crippen molar-refractivity contribution in [1.29, 1.82) is 0 Å². The van der Waals surface area contributed by atoms with E-state index in [2.05, 4.69) is 15.3 Å². The van der Waals surface area contributed by atoms with Crippen LogP contribution in [-0.4, -0.2) is 30.0 Å². The Labute approximate surface area is 185 Å². The number of benzene rings is 2. The van der Waals surface area contributed by atoms with Crippen LogP contribution in [0.5, 0.6) is 0 Å². The zero-order valence-corrected chi connectivity index (χ0v) is 19.3. The Morgan fingerprint density at radius 1 is 1.06 bits per heavy atom. The predicted molar refractivity (Wildman–Crippen MR) is 121 cm³/mol. The van der Waals surface area contributed by atoms with E-state index in [-0.39, 0.29) is 21.7 Å². The van der Waals surface area contributed by atoms with Crippen molar-refractivity contribution in [3.63, 3.8) is 0 Å². The number of nitrogens with one attached hydrogen (secondary N) is 2. The first-order valence-corrected chi connectivity index (χ1v) is 12.0. The van der Waals surface area contributed by atoms with Crippen LogP contribution in [0.15, 0.2) is 62.3 Å². The number of rotatable bonds is 6. The van der Waals surface area contributed by atoms with E-state index >= 15 is 0 Å². The van der Waals surface area contributed by atoms with Gasteiger partial charge in [0.25, 0.3) is 5.56 Å². The monoisotopic (exact) mass is 457 g/mol. The third kappa shape index (κ3) is 5.05. The van der Waals surface area contributed by atoms with Gasteiger partial charge in [0.15, 0.2) is 10.1 Å². The van der Waals surface area contributed by atoms with Gasteiger partial charge in [-0.25, -0.2) is 13.4 Å². The lowest BCUT2D eigenvalue weighted by molar-refractivity contribution is -0.113. The maximum atomic E-state index is 12.8. The molecule has 0 atom stereocenters. The van der Waals surface area contributed by atoms with E-state index in [1.807, 2.05) is 39.0 Å². The molecular weight excluding hydrogens is 434 g/mol. The van der Waals surface area contributed by atoms with Crippen molar-refractivity contribution in [1.82, 2.24) is 9.97 Å². The molecule has 31 heavy (non-hydrogen) atoms. The number of hydrogen-bond donors (Lipinski definition) is 2. The highest BCUT2D eigenvalue weighted by atomic mass is 32.2. The molecule has 2 aromatic carbocycles. The lowest BCUT2D eigenvalue weighted by atomic mass is 10.1. The number of sulfone groups is 1. The van der Waals surface area contributed by atoms with E-state index in [1.165, 1.54) is 12.1 Å². The predicted octanol–water partition coefficient (Wildman–Crippen LogP) is 3.57. The molecule has 0 aliphatic carbocycles. The van der Waals surface area contributed by atoms with Gasteiger partial charge in [0.2, 0.25) is 15.7 Å². The summed E-state index contributed by atoms with van der Waals surface area (Å²) in [6.07, 6.45) is 1.04. The average Bonchev–Trinajstić information content (AvgIpc) is 2.71. The van der Waals surface area contributed by atoms with Gasteiger partial charge in [-0.1, -0.05) is 30.0 Å². The normalized spacial score (nSPS) is 11.4. The SMILES string of the molecule is Cc1ccc(S(=O)(=O)c2cnc(SCC(=O)Nc3cccc(C)c3C)[nH]c2=O)cc1C. The Morgan fingerprint density at radius 3 is 2.48 bits per heavy atom. The summed E-state index contributed by atoms with van der Waals surface area (Å²) in [6.45, 7) is 7.57. The zero-order chi connectivity index (χ0) is 22.8. The van der Waals surface area contributed by atoms with Gasteiger partial charge in [-0.05, 0) is 68.1 Å². The van der Waals surface area contributed by atoms with Gasteiger partial charge in [-0.2, -0.15) is 0 Å². The minimum atomic E-state index is -4.00. The maximum Gasteiger partial charge on any atom is 0.270 e. The van der Waals surface area contributed by atoms with Crippen LogP contribution in [0.1, 0.15) is 22.3 Å². The van der Waals surface area contributed by atoms with Gasteiger partial charge in [0.05, 0.1) is 16.8 Å². The molecule has 0 aliphatic heterocycles. The molecule has 1 aromatic heterocycles. The summed E-state index contributed by atoms with van der Waals surface area (Å²) >= 11 is 1.02. The molecule has 7 nitrogen and oxygen atoms in total. The van der Waals surface area contributed by atoms with Gasteiger partial charge >= 0.3 is 0 Å². The highest BCUT2D eigenvalue weighted by molar-refractivity contribution is 7.99. The van der Waals surface area contributed by atoms with Gasteiger partial charge in [0, 0.05) is 5.69 Å². The molecule has 3 rings (SSSR count). The van der Waals surface area contributed by atoms with Crippen molar-refractivity contribution in [3.8, 4) is 0 Å². The van der Waals surface area contributed by atoms with Crippen LogP contribution in [0.3, 0.4) is 0 Å². The second kappa shape index (κ2) is 9.07. The summed E-state index contributed by atoms with van der Waals surface area (Å²) in [7, 11) is -4.00. The van der Waals surface area contributed by atoms with Gasteiger partial charge in [0.1, 0.15) is 0 Å². The van der Waals surface area contributed by atoms with E-state index in [4.69, 9.17) is 0 Å². The molecule has 9 heteroatoms.